The predicted octanol–water partition coefficient (Wildman–Crippen LogP) is 1.35. The minimum absolute atomic E-state index is 0.855. The third-order valence-electron chi connectivity index (χ3n) is 0.825. The van der Waals surface area contributed by atoms with Gasteiger partial charge in [0.15, 0.2) is 0 Å². The topological polar surface area (TPSA) is 21.3 Å². The van der Waals surface area contributed by atoms with Gasteiger partial charge in [0.2, 0.25) is 0 Å². The second kappa shape index (κ2) is 7.65. The molecular weight excluding hydrogens is 217 g/mol. The molecule has 0 unspecified atom stereocenters. The molecule has 0 rings (SSSR count). The summed E-state index contributed by atoms with van der Waals surface area (Å²) < 4.78 is 4.82. The lowest BCUT2D eigenvalue weighted by Crippen LogP contribution is -2.14. The normalized spacial score (nSPS) is 9.75. The van der Waals surface area contributed by atoms with E-state index in [1.165, 1.54) is 0 Å². The van der Waals surface area contributed by atoms with Crippen molar-refractivity contribution in [1.82, 2.24) is 5.32 Å². The van der Waals surface area contributed by atoms with Crippen molar-refractivity contribution in [2.24, 2.45) is 0 Å². The van der Waals surface area contributed by atoms with Crippen LogP contribution in [0.25, 0.3) is 0 Å². The molecule has 1 N–H and O–H groups in total. The lowest BCUT2D eigenvalue weighted by atomic mass is 10.4. The molecule has 0 heterocycles. The lowest BCUT2D eigenvalue weighted by molar-refractivity contribution is 0.407. The Morgan fingerprint density at radius 2 is 2.38 bits per heavy atom. The summed E-state index contributed by atoms with van der Waals surface area (Å²) in [6.07, 6.45) is 1.11. The van der Waals surface area contributed by atoms with E-state index < -0.39 is 0 Å². The molecule has 3 heteroatoms. The van der Waals surface area contributed by atoms with Crippen LogP contribution in [-0.2, 0) is 3.07 Å². The van der Waals surface area contributed by atoms with Crippen LogP contribution in [-0.4, -0.2) is 19.7 Å². The number of nitrogens with one attached hydrogen (secondary N) is 1. The number of halogens is 1. The molecular formula is C5H12INO. The van der Waals surface area contributed by atoms with Crippen molar-refractivity contribution < 1.29 is 3.07 Å². The molecule has 0 amide bonds. The van der Waals surface area contributed by atoms with Gasteiger partial charge in [0.1, 0.15) is 23.0 Å². The molecule has 0 aliphatic rings. The zero-order chi connectivity index (χ0) is 6.24. The summed E-state index contributed by atoms with van der Waals surface area (Å²) in [7, 11) is 0. The number of hydrogen-bond donors (Lipinski definition) is 1. The first-order valence-corrected chi connectivity index (χ1v) is 3.74. The van der Waals surface area contributed by atoms with Crippen molar-refractivity contribution in [3.05, 3.63) is 0 Å². The molecule has 0 aromatic carbocycles. The van der Waals surface area contributed by atoms with Crippen LogP contribution in [0.5, 0.6) is 0 Å². The fraction of sp³-hybridized carbons (Fsp3) is 1.00. The first-order chi connectivity index (χ1) is 3.91. The van der Waals surface area contributed by atoms with E-state index in [0.717, 1.165) is 26.1 Å². The van der Waals surface area contributed by atoms with E-state index in [9.17, 15) is 0 Å². The van der Waals surface area contributed by atoms with Crippen LogP contribution in [0, 0.1) is 0 Å². The van der Waals surface area contributed by atoms with E-state index in [2.05, 4.69) is 12.2 Å². The molecule has 0 aliphatic carbocycles. The van der Waals surface area contributed by atoms with Gasteiger partial charge in [0.05, 0.1) is 6.61 Å². The predicted molar refractivity (Wildman–Crippen MR) is 43.1 cm³/mol. The molecule has 0 saturated carbocycles. The third-order valence-corrected chi connectivity index (χ3v) is 1.27. The molecule has 0 aliphatic heterocycles. The first kappa shape index (κ1) is 8.65. The second-order valence-corrected chi connectivity index (χ2v) is 2.14. The first-order valence-electron chi connectivity index (χ1n) is 2.86. The highest BCUT2D eigenvalue weighted by atomic mass is 127. The van der Waals surface area contributed by atoms with Crippen LogP contribution >= 0.6 is 23.0 Å². The second-order valence-electron chi connectivity index (χ2n) is 1.52. The monoisotopic (exact) mass is 229 g/mol. The quantitative estimate of drug-likeness (QED) is 0.567. The van der Waals surface area contributed by atoms with E-state index in [1.807, 2.05) is 23.0 Å². The minimum Gasteiger partial charge on any atom is -0.317 e. The Kier molecular flexibility index (Phi) is 8.27. The molecule has 0 radical (unpaired) electrons. The summed E-state index contributed by atoms with van der Waals surface area (Å²) in [5.41, 5.74) is 0. The van der Waals surface area contributed by atoms with E-state index in [4.69, 9.17) is 3.07 Å². The average molecular weight is 229 g/mol. The van der Waals surface area contributed by atoms with Crippen molar-refractivity contribution in [3.8, 4) is 0 Å². The van der Waals surface area contributed by atoms with E-state index in [-0.39, 0.29) is 0 Å². The molecule has 0 fully saturated rings. The van der Waals surface area contributed by atoms with Gasteiger partial charge in [-0.05, 0) is 19.5 Å². The molecule has 0 saturated heterocycles. The van der Waals surface area contributed by atoms with Gasteiger partial charge in [-0.3, -0.25) is 0 Å². The van der Waals surface area contributed by atoms with Gasteiger partial charge in [0, 0.05) is 0 Å². The van der Waals surface area contributed by atoms with Gasteiger partial charge in [-0.1, -0.05) is 6.92 Å². The Labute approximate surface area is 64.7 Å². The van der Waals surface area contributed by atoms with Gasteiger partial charge in [-0.15, -0.1) is 0 Å². The highest BCUT2D eigenvalue weighted by molar-refractivity contribution is 14.1. The third kappa shape index (κ3) is 6.65. The Morgan fingerprint density at radius 1 is 1.62 bits per heavy atom. The Morgan fingerprint density at radius 3 is 2.88 bits per heavy atom. The highest BCUT2D eigenvalue weighted by Crippen LogP contribution is 1.86. The molecule has 8 heavy (non-hydrogen) atoms. The van der Waals surface area contributed by atoms with Crippen molar-refractivity contribution in [2.45, 2.75) is 13.3 Å². The van der Waals surface area contributed by atoms with Crippen LogP contribution in [0.1, 0.15) is 13.3 Å². The van der Waals surface area contributed by atoms with E-state index in [0.29, 0.717) is 0 Å². The van der Waals surface area contributed by atoms with Crippen LogP contribution in [0.3, 0.4) is 0 Å². The molecule has 0 spiro atoms. The summed E-state index contributed by atoms with van der Waals surface area (Å²) in [5.74, 6) is 0. The van der Waals surface area contributed by atoms with Crippen LogP contribution in [0.4, 0.5) is 0 Å². The fourth-order valence-corrected chi connectivity index (χ4v) is 0.740. The largest absolute Gasteiger partial charge is 0.317 e. The summed E-state index contributed by atoms with van der Waals surface area (Å²) in [6.45, 7) is 5.08. The maximum absolute atomic E-state index is 4.82. The van der Waals surface area contributed by atoms with Crippen LogP contribution < -0.4 is 5.32 Å². The van der Waals surface area contributed by atoms with Gasteiger partial charge >= 0.3 is 0 Å². The fourth-order valence-electron chi connectivity index (χ4n) is 0.428. The Hall–Kier alpha value is 0.650. The van der Waals surface area contributed by atoms with Crippen LogP contribution in [0.15, 0.2) is 0 Å². The van der Waals surface area contributed by atoms with Gasteiger partial charge in [-0.2, -0.15) is 0 Å². The van der Waals surface area contributed by atoms with Crippen LogP contribution in [0.2, 0.25) is 0 Å². The lowest BCUT2D eigenvalue weighted by Gasteiger charge is -1.96. The van der Waals surface area contributed by atoms with Gasteiger partial charge in [0.25, 0.3) is 0 Å². The summed E-state index contributed by atoms with van der Waals surface area (Å²) in [6, 6.07) is 0. The van der Waals surface area contributed by atoms with E-state index in [1.54, 1.807) is 0 Å². The number of rotatable bonds is 5. The van der Waals surface area contributed by atoms with Crippen molar-refractivity contribution >= 4 is 23.0 Å². The molecule has 2 nitrogen and oxygen atoms in total. The van der Waals surface area contributed by atoms with Crippen molar-refractivity contribution in [2.75, 3.05) is 19.7 Å². The molecule has 50 valence electrons. The van der Waals surface area contributed by atoms with Crippen molar-refractivity contribution in [1.29, 1.82) is 0 Å². The number of hydrogen-bond acceptors (Lipinski definition) is 2. The molecule has 0 atom stereocenters. The smallest absolute Gasteiger partial charge is 0.109 e. The summed E-state index contributed by atoms with van der Waals surface area (Å²) in [4.78, 5) is 0. The molecule has 0 aromatic rings. The zero-order valence-electron chi connectivity index (χ0n) is 5.11. The maximum Gasteiger partial charge on any atom is 0.109 e. The van der Waals surface area contributed by atoms with Crippen molar-refractivity contribution in [3.63, 3.8) is 0 Å². The maximum atomic E-state index is 4.82. The Balaban J connectivity index is 2.53. The van der Waals surface area contributed by atoms with E-state index >= 15 is 0 Å². The summed E-state index contributed by atoms with van der Waals surface area (Å²) >= 11 is 1.91. The SMILES string of the molecule is CCNCCCOI. The Bertz CT molecular complexity index is 37.4. The molecule has 0 aromatic heterocycles. The average Bonchev–Trinajstić information content (AvgIpc) is 1.81. The molecule has 0 bridgehead atoms. The van der Waals surface area contributed by atoms with Gasteiger partial charge in [-0.25, -0.2) is 0 Å². The van der Waals surface area contributed by atoms with Gasteiger partial charge < -0.3 is 8.38 Å². The summed E-state index contributed by atoms with van der Waals surface area (Å²) in [5, 5.41) is 3.20. The standard InChI is InChI=1S/C5H12INO/c1-2-7-4-3-5-8-6/h7H,2-5H2,1H3. The highest BCUT2D eigenvalue weighted by Gasteiger charge is 1.82. The minimum atomic E-state index is 0.855. The zero-order valence-corrected chi connectivity index (χ0v) is 7.27.